The average Bonchev–Trinajstić information content (AvgIpc) is 3.34. The Bertz CT molecular complexity index is 1130. The largest absolute Gasteiger partial charge is 0.337 e. The summed E-state index contributed by atoms with van der Waals surface area (Å²) in [5, 5.41) is 3.92. The number of likely N-dealkylation sites (tertiary alicyclic amines) is 1. The fraction of sp³-hybridized carbons (Fsp3) is 0.400. The van der Waals surface area contributed by atoms with E-state index in [1.807, 2.05) is 0 Å². The number of carbonyl (C=O) groups is 1. The van der Waals surface area contributed by atoms with E-state index >= 15 is 0 Å². The molecule has 2 aliphatic heterocycles. The summed E-state index contributed by atoms with van der Waals surface area (Å²) in [5.74, 6) is -0.0880. The number of carbonyl (C=O) groups excluding carboxylic acids is 1. The monoisotopic (exact) mass is 466 g/mol. The highest BCUT2D eigenvalue weighted by Gasteiger charge is 2.31. The quantitative estimate of drug-likeness (QED) is 0.585. The molecule has 31 heavy (non-hydrogen) atoms. The van der Waals surface area contributed by atoms with Gasteiger partial charge in [-0.1, -0.05) is 23.2 Å². The van der Waals surface area contributed by atoms with E-state index in [1.54, 1.807) is 17.9 Å². The molecule has 1 aromatic carbocycles. The molecule has 1 saturated heterocycles. The molecule has 0 N–H and O–H groups in total. The number of hydrogen-bond acceptors (Lipinski definition) is 6. The lowest BCUT2D eigenvalue weighted by Crippen LogP contribution is -2.29. The summed E-state index contributed by atoms with van der Waals surface area (Å²) < 4.78 is 21.2. The lowest BCUT2D eigenvalue weighted by molar-refractivity contribution is 0.0788. The number of fused-ring (bicyclic) bond motifs is 3. The molecule has 164 valence electrons. The van der Waals surface area contributed by atoms with Crippen molar-refractivity contribution in [1.29, 1.82) is 0 Å². The van der Waals surface area contributed by atoms with Crippen LogP contribution in [0.5, 0.6) is 0 Å². The van der Waals surface area contributed by atoms with Crippen LogP contribution >= 0.6 is 24.0 Å². The molecule has 1 amide bonds. The second-order valence-electron chi connectivity index (χ2n) is 7.68. The number of nitrogens with zero attached hydrogens (tertiary/aromatic N) is 6. The zero-order valence-corrected chi connectivity index (χ0v) is 18.4. The van der Waals surface area contributed by atoms with Crippen LogP contribution in [0.3, 0.4) is 0 Å². The van der Waals surface area contributed by atoms with Crippen LogP contribution in [-0.4, -0.2) is 55.5 Å². The minimum atomic E-state index is -0.638. The maximum atomic E-state index is 14.0. The van der Waals surface area contributed by atoms with Gasteiger partial charge in [0, 0.05) is 7.05 Å². The smallest absolute Gasteiger partial charge is 0.257 e. The van der Waals surface area contributed by atoms with Gasteiger partial charge in [0.05, 0.1) is 35.1 Å². The van der Waals surface area contributed by atoms with Gasteiger partial charge in [0.1, 0.15) is 17.8 Å². The van der Waals surface area contributed by atoms with Crippen molar-refractivity contribution in [3.8, 4) is 17.2 Å². The third-order valence-electron chi connectivity index (χ3n) is 5.63. The first kappa shape index (κ1) is 21.7. The second kappa shape index (κ2) is 8.57. The SMILES string of the molecule is CN1Cc2c(-c3noc(CN4CCCCC4)n3)ncn2-c2ccc(F)c(Cl)c2C1=O.Cl. The van der Waals surface area contributed by atoms with Crippen molar-refractivity contribution in [3.63, 3.8) is 0 Å². The van der Waals surface area contributed by atoms with Gasteiger partial charge in [-0.05, 0) is 38.1 Å². The first-order chi connectivity index (χ1) is 14.5. The van der Waals surface area contributed by atoms with Crippen molar-refractivity contribution in [2.45, 2.75) is 32.4 Å². The summed E-state index contributed by atoms with van der Waals surface area (Å²) in [6.07, 6.45) is 5.19. The maximum Gasteiger partial charge on any atom is 0.257 e. The Balaban J connectivity index is 0.00000231. The predicted molar refractivity (Wildman–Crippen MR) is 114 cm³/mol. The fourth-order valence-electron chi connectivity index (χ4n) is 4.08. The van der Waals surface area contributed by atoms with Gasteiger partial charge in [-0.15, -0.1) is 12.4 Å². The third kappa shape index (κ3) is 3.81. The number of piperidine rings is 1. The highest BCUT2D eigenvalue weighted by atomic mass is 35.5. The Kier molecular flexibility index (Phi) is 6.00. The number of benzene rings is 1. The molecule has 0 spiro atoms. The summed E-state index contributed by atoms with van der Waals surface area (Å²) >= 11 is 6.13. The van der Waals surface area contributed by atoms with Crippen LogP contribution in [0.4, 0.5) is 4.39 Å². The predicted octanol–water partition coefficient (Wildman–Crippen LogP) is 3.71. The van der Waals surface area contributed by atoms with Crippen molar-refractivity contribution in [1.82, 2.24) is 29.5 Å². The topological polar surface area (TPSA) is 80.3 Å². The highest BCUT2D eigenvalue weighted by molar-refractivity contribution is 6.34. The molecule has 11 heteroatoms. The second-order valence-corrected chi connectivity index (χ2v) is 8.05. The maximum absolute atomic E-state index is 14.0. The Morgan fingerprint density at radius 1 is 1.23 bits per heavy atom. The molecule has 0 atom stereocenters. The molecule has 0 radical (unpaired) electrons. The zero-order valence-electron chi connectivity index (χ0n) is 16.8. The number of hydrogen-bond donors (Lipinski definition) is 0. The molecule has 0 bridgehead atoms. The van der Waals surface area contributed by atoms with E-state index in [0.717, 1.165) is 13.1 Å². The molecule has 8 nitrogen and oxygen atoms in total. The normalized spacial score (nSPS) is 16.5. The summed E-state index contributed by atoms with van der Waals surface area (Å²) in [4.78, 5) is 25.6. The van der Waals surface area contributed by atoms with E-state index in [1.165, 1.54) is 36.3 Å². The molecule has 0 saturated carbocycles. The van der Waals surface area contributed by atoms with Crippen LogP contribution in [0.1, 0.15) is 41.2 Å². The third-order valence-corrected chi connectivity index (χ3v) is 6.00. The first-order valence-electron chi connectivity index (χ1n) is 9.88. The van der Waals surface area contributed by atoms with Crippen LogP contribution in [0.25, 0.3) is 17.2 Å². The van der Waals surface area contributed by atoms with Gasteiger partial charge in [0.15, 0.2) is 0 Å². The van der Waals surface area contributed by atoms with E-state index < -0.39 is 5.82 Å². The average molecular weight is 467 g/mol. The number of aromatic nitrogens is 4. The molecule has 1 fully saturated rings. The van der Waals surface area contributed by atoms with Crippen LogP contribution < -0.4 is 0 Å². The van der Waals surface area contributed by atoms with E-state index in [2.05, 4.69) is 20.0 Å². The van der Waals surface area contributed by atoms with Crippen molar-refractivity contribution < 1.29 is 13.7 Å². The van der Waals surface area contributed by atoms with Gasteiger partial charge in [0.25, 0.3) is 5.91 Å². The molecule has 2 aromatic heterocycles. The van der Waals surface area contributed by atoms with Crippen molar-refractivity contribution in [3.05, 3.63) is 46.4 Å². The Hall–Kier alpha value is -2.49. The molecule has 4 heterocycles. The fourth-order valence-corrected chi connectivity index (χ4v) is 4.32. The minimum absolute atomic E-state index is 0. The lowest BCUT2D eigenvalue weighted by Gasteiger charge is -2.24. The van der Waals surface area contributed by atoms with Crippen molar-refractivity contribution in [2.24, 2.45) is 0 Å². The molecular weight excluding hydrogens is 446 g/mol. The summed E-state index contributed by atoms with van der Waals surface area (Å²) in [6, 6.07) is 2.77. The lowest BCUT2D eigenvalue weighted by atomic mass is 10.1. The van der Waals surface area contributed by atoms with Crippen LogP contribution in [0, 0.1) is 5.82 Å². The van der Waals surface area contributed by atoms with Gasteiger partial charge in [-0.25, -0.2) is 9.37 Å². The summed E-state index contributed by atoms with van der Waals surface area (Å²) in [6.45, 7) is 2.91. The molecule has 3 aromatic rings. The number of imidazole rings is 1. The standard InChI is InChI=1S/C20H20ClFN6O2.ClH/c1-26-9-14-18(19-24-15(30-25-19)10-27-7-3-2-4-8-27)23-11-28(14)13-6-5-12(22)17(21)16(13)20(26)29;/h5-6,11H,2-4,7-10H2,1H3;1H. The van der Waals surface area contributed by atoms with Crippen molar-refractivity contribution in [2.75, 3.05) is 20.1 Å². The van der Waals surface area contributed by atoms with Gasteiger partial charge in [0.2, 0.25) is 11.7 Å². The molecule has 0 aliphatic carbocycles. The van der Waals surface area contributed by atoms with Gasteiger partial charge in [-0.2, -0.15) is 4.98 Å². The van der Waals surface area contributed by atoms with Gasteiger partial charge in [-0.3, -0.25) is 14.3 Å². The Labute approximate surface area is 189 Å². The van der Waals surface area contributed by atoms with Crippen molar-refractivity contribution >= 4 is 29.9 Å². The number of amides is 1. The van der Waals surface area contributed by atoms with Gasteiger partial charge >= 0.3 is 0 Å². The number of rotatable bonds is 3. The van der Waals surface area contributed by atoms with Crippen LogP contribution in [-0.2, 0) is 13.1 Å². The molecule has 2 aliphatic rings. The van der Waals surface area contributed by atoms with Crippen LogP contribution in [0.2, 0.25) is 5.02 Å². The molecular formula is C20H21Cl2FN6O2. The summed E-state index contributed by atoms with van der Waals surface area (Å²) in [5.41, 5.74) is 1.82. The highest BCUT2D eigenvalue weighted by Crippen LogP contribution is 2.34. The van der Waals surface area contributed by atoms with E-state index in [4.69, 9.17) is 16.1 Å². The molecule has 0 unspecified atom stereocenters. The number of halogens is 3. The summed E-state index contributed by atoms with van der Waals surface area (Å²) in [7, 11) is 1.64. The Morgan fingerprint density at radius 2 is 2.00 bits per heavy atom. The molecule has 5 rings (SSSR count). The zero-order chi connectivity index (χ0) is 20.8. The Morgan fingerprint density at radius 3 is 2.77 bits per heavy atom. The van der Waals surface area contributed by atoms with E-state index in [-0.39, 0.29) is 35.4 Å². The van der Waals surface area contributed by atoms with E-state index in [0.29, 0.717) is 35.3 Å². The van der Waals surface area contributed by atoms with Gasteiger partial charge < -0.3 is 9.42 Å². The van der Waals surface area contributed by atoms with E-state index in [9.17, 15) is 9.18 Å². The minimum Gasteiger partial charge on any atom is -0.337 e. The first-order valence-corrected chi connectivity index (χ1v) is 10.3. The van der Waals surface area contributed by atoms with Crippen LogP contribution in [0.15, 0.2) is 23.0 Å².